The Bertz CT molecular complexity index is 1840. The number of alkyl halides is 2. The maximum Gasteiger partial charge on any atom is 0.387 e. The molecule has 0 aromatic heterocycles. The summed E-state index contributed by atoms with van der Waals surface area (Å²) in [5.41, 5.74) is 4.91. The molecule has 45 heavy (non-hydrogen) atoms. The number of amides is 3. The van der Waals surface area contributed by atoms with Crippen LogP contribution in [0.4, 0.5) is 24.5 Å². The van der Waals surface area contributed by atoms with Crippen molar-refractivity contribution in [3.63, 3.8) is 0 Å². The van der Waals surface area contributed by atoms with Crippen molar-refractivity contribution in [1.82, 2.24) is 5.32 Å². The smallest absolute Gasteiger partial charge is 0.387 e. The summed E-state index contributed by atoms with van der Waals surface area (Å²) in [4.78, 5) is 44.1. The van der Waals surface area contributed by atoms with Crippen LogP contribution in [0.3, 0.4) is 0 Å². The number of nitrogens with two attached hydrogens (primary N) is 1. The summed E-state index contributed by atoms with van der Waals surface area (Å²) in [6.07, 6.45) is 0. The van der Waals surface area contributed by atoms with Gasteiger partial charge in [0.1, 0.15) is 17.1 Å². The summed E-state index contributed by atoms with van der Waals surface area (Å²) in [5.74, 6) is -4.22. The van der Waals surface area contributed by atoms with Gasteiger partial charge in [-0.1, -0.05) is 30.3 Å². The van der Waals surface area contributed by atoms with Gasteiger partial charge in [0.05, 0.1) is 35.5 Å². The Kier molecular flexibility index (Phi) is 8.48. The topological polar surface area (TPSA) is 129 Å². The molecule has 0 radical (unpaired) electrons. The molecule has 0 aliphatic carbocycles. The normalized spacial score (nSPS) is 16.1. The molecular formula is C33H28F3N5O4. The van der Waals surface area contributed by atoms with Crippen LogP contribution >= 0.6 is 0 Å². The van der Waals surface area contributed by atoms with Crippen molar-refractivity contribution < 1.29 is 32.3 Å². The summed E-state index contributed by atoms with van der Waals surface area (Å²) in [5, 5.41) is 13.8. The summed E-state index contributed by atoms with van der Waals surface area (Å²) in [6, 6.07) is 21.1. The third kappa shape index (κ3) is 5.77. The maximum atomic E-state index is 14.6. The summed E-state index contributed by atoms with van der Waals surface area (Å²) >= 11 is 0. The minimum Gasteiger partial charge on any atom is -0.434 e. The first kappa shape index (κ1) is 31.0. The van der Waals surface area contributed by atoms with Crippen molar-refractivity contribution in [2.24, 2.45) is 11.7 Å². The highest BCUT2D eigenvalue weighted by molar-refractivity contribution is 6.13. The molecule has 2 atom stereocenters. The van der Waals surface area contributed by atoms with Gasteiger partial charge in [-0.25, -0.2) is 4.39 Å². The number of nitrogens with zero attached hydrogens (tertiary/aromatic N) is 3. The van der Waals surface area contributed by atoms with Gasteiger partial charge in [0.2, 0.25) is 11.8 Å². The van der Waals surface area contributed by atoms with Gasteiger partial charge < -0.3 is 25.6 Å². The van der Waals surface area contributed by atoms with Crippen molar-refractivity contribution in [2.75, 3.05) is 23.4 Å². The zero-order valence-corrected chi connectivity index (χ0v) is 24.3. The predicted molar refractivity (Wildman–Crippen MR) is 161 cm³/mol. The van der Waals surface area contributed by atoms with E-state index in [9.17, 15) is 32.8 Å². The van der Waals surface area contributed by atoms with Crippen LogP contribution in [0.1, 0.15) is 28.4 Å². The minimum absolute atomic E-state index is 0.0799. The number of ether oxygens (including phenoxy) is 1. The molecule has 0 saturated heterocycles. The SMILES string of the molecule is CNC(C)(C(N)=O)[C@@H]1CN(C(=O)c2ccc(F)cc2)c2cc(C#N)ccc2N(Cc2c(OC(F)F)ccc3ccccc23)C1=O. The van der Waals surface area contributed by atoms with E-state index in [-0.39, 0.29) is 46.9 Å². The second-order valence-electron chi connectivity index (χ2n) is 10.7. The molecule has 0 fully saturated rings. The van der Waals surface area contributed by atoms with Crippen LogP contribution < -0.4 is 25.6 Å². The molecule has 1 aliphatic rings. The van der Waals surface area contributed by atoms with Crippen molar-refractivity contribution in [1.29, 1.82) is 5.26 Å². The van der Waals surface area contributed by atoms with Crippen LogP contribution in [0.2, 0.25) is 0 Å². The van der Waals surface area contributed by atoms with E-state index in [1.807, 2.05) is 6.07 Å². The molecular weight excluding hydrogens is 587 g/mol. The first-order valence-electron chi connectivity index (χ1n) is 13.9. The van der Waals surface area contributed by atoms with Crippen molar-refractivity contribution in [2.45, 2.75) is 25.6 Å². The van der Waals surface area contributed by atoms with E-state index in [1.54, 1.807) is 30.3 Å². The number of benzene rings is 4. The lowest BCUT2D eigenvalue weighted by molar-refractivity contribution is -0.133. The van der Waals surface area contributed by atoms with Crippen LogP contribution in [0.25, 0.3) is 10.8 Å². The van der Waals surface area contributed by atoms with Crippen LogP contribution in [-0.2, 0) is 16.1 Å². The number of carbonyl (C=O) groups is 3. The van der Waals surface area contributed by atoms with Crippen LogP contribution in [-0.4, -0.2) is 43.5 Å². The van der Waals surface area contributed by atoms with E-state index in [0.717, 1.165) is 12.1 Å². The molecule has 0 spiro atoms. The Balaban J connectivity index is 1.77. The standard InChI is InChI=1S/C33H28F3N5O4/c1-33(39-2,31(38)44)25-18-41(29(42)21-8-11-22(34)12-9-21)27-15-19(16-37)7-13-26(27)40(30(25)43)17-24-23-6-4-3-5-20(23)10-14-28(24)45-32(35)36/h3-15,25,32,39H,17-18H2,1-2H3,(H2,38,44)/t25-,33?/m1/s1. The summed E-state index contributed by atoms with van der Waals surface area (Å²) in [7, 11) is 1.44. The highest BCUT2D eigenvalue weighted by atomic mass is 19.3. The Morgan fingerprint density at radius 2 is 1.80 bits per heavy atom. The Morgan fingerprint density at radius 1 is 1.09 bits per heavy atom. The molecule has 1 unspecified atom stereocenters. The second kappa shape index (κ2) is 12.3. The lowest BCUT2D eigenvalue weighted by atomic mass is 9.83. The number of nitrogens with one attached hydrogen (secondary N) is 1. The summed E-state index contributed by atoms with van der Waals surface area (Å²) < 4.78 is 45.7. The van der Waals surface area contributed by atoms with E-state index in [4.69, 9.17) is 10.5 Å². The number of primary amides is 1. The Morgan fingerprint density at radius 3 is 2.44 bits per heavy atom. The van der Waals surface area contributed by atoms with Gasteiger partial charge in [0.15, 0.2) is 0 Å². The molecule has 9 nitrogen and oxygen atoms in total. The molecule has 4 aromatic rings. The number of likely N-dealkylation sites (N-methyl/N-ethyl adjacent to an activating group) is 1. The third-order valence-electron chi connectivity index (χ3n) is 8.21. The quantitative estimate of drug-likeness (QED) is 0.295. The molecule has 3 amide bonds. The lowest BCUT2D eigenvalue weighted by Crippen LogP contribution is -2.63. The highest BCUT2D eigenvalue weighted by Gasteiger charge is 2.49. The molecule has 230 valence electrons. The van der Waals surface area contributed by atoms with Crippen molar-refractivity contribution in [3.8, 4) is 11.8 Å². The van der Waals surface area contributed by atoms with E-state index in [2.05, 4.69) is 5.32 Å². The fourth-order valence-corrected chi connectivity index (χ4v) is 5.55. The fraction of sp³-hybridized carbons (Fsp3) is 0.212. The van der Waals surface area contributed by atoms with Crippen LogP contribution in [0, 0.1) is 23.1 Å². The van der Waals surface area contributed by atoms with Gasteiger partial charge in [-0.3, -0.25) is 14.4 Å². The molecule has 5 rings (SSSR count). The molecule has 3 N–H and O–H groups in total. The first-order chi connectivity index (χ1) is 21.5. The molecule has 1 aliphatic heterocycles. The number of anilines is 2. The zero-order valence-electron chi connectivity index (χ0n) is 24.3. The van der Waals surface area contributed by atoms with E-state index in [0.29, 0.717) is 10.8 Å². The van der Waals surface area contributed by atoms with E-state index >= 15 is 0 Å². The van der Waals surface area contributed by atoms with Gasteiger partial charge >= 0.3 is 6.61 Å². The predicted octanol–water partition coefficient (Wildman–Crippen LogP) is 4.73. The second-order valence-corrected chi connectivity index (χ2v) is 10.7. The molecule has 1 heterocycles. The molecule has 12 heteroatoms. The zero-order chi connectivity index (χ0) is 32.5. The van der Waals surface area contributed by atoms with E-state index in [1.165, 1.54) is 60.2 Å². The van der Waals surface area contributed by atoms with Gasteiger partial charge in [-0.2, -0.15) is 14.0 Å². The molecule has 4 aromatic carbocycles. The van der Waals surface area contributed by atoms with Crippen molar-refractivity contribution in [3.05, 3.63) is 101 Å². The lowest BCUT2D eigenvalue weighted by Gasteiger charge is -2.36. The molecule has 0 saturated carbocycles. The number of halogens is 3. The summed E-state index contributed by atoms with van der Waals surface area (Å²) in [6.45, 7) is -2.41. The van der Waals surface area contributed by atoms with Gasteiger partial charge in [-0.05, 0) is 73.3 Å². The first-order valence-corrected chi connectivity index (χ1v) is 13.9. The monoisotopic (exact) mass is 615 g/mol. The van der Waals surface area contributed by atoms with Gasteiger partial charge in [0, 0.05) is 17.7 Å². The third-order valence-corrected chi connectivity index (χ3v) is 8.21. The Labute approximate surface area is 256 Å². The maximum absolute atomic E-state index is 14.6. The average Bonchev–Trinajstić information content (AvgIpc) is 3.15. The fourth-order valence-electron chi connectivity index (χ4n) is 5.55. The minimum atomic E-state index is -3.16. The molecule has 0 bridgehead atoms. The van der Waals surface area contributed by atoms with Crippen molar-refractivity contribution >= 4 is 39.9 Å². The van der Waals surface area contributed by atoms with Gasteiger partial charge in [-0.15, -0.1) is 0 Å². The number of fused-ring (bicyclic) bond motifs is 2. The van der Waals surface area contributed by atoms with E-state index < -0.39 is 41.6 Å². The number of rotatable bonds is 8. The average molecular weight is 616 g/mol. The van der Waals surface area contributed by atoms with Crippen LogP contribution in [0.15, 0.2) is 78.9 Å². The number of hydrogen-bond acceptors (Lipinski definition) is 6. The van der Waals surface area contributed by atoms with Gasteiger partial charge in [0.25, 0.3) is 5.91 Å². The number of carbonyl (C=O) groups excluding carboxylic acids is 3. The highest BCUT2D eigenvalue weighted by Crippen LogP contribution is 2.41. The number of nitriles is 1. The number of hydrogen-bond donors (Lipinski definition) is 2. The Hall–Kier alpha value is -5.41. The largest absolute Gasteiger partial charge is 0.434 e. The van der Waals surface area contributed by atoms with Crippen LogP contribution in [0.5, 0.6) is 5.75 Å².